The highest BCUT2D eigenvalue weighted by atomic mass is 19.1. The fourth-order valence-electron chi connectivity index (χ4n) is 4.90. The Hall–Kier alpha value is -4.13. The summed E-state index contributed by atoms with van der Waals surface area (Å²) in [5.41, 5.74) is 9.45. The summed E-state index contributed by atoms with van der Waals surface area (Å²) in [7, 11) is 0. The van der Waals surface area contributed by atoms with E-state index in [0.29, 0.717) is 25.3 Å². The Labute approximate surface area is 252 Å². The van der Waals surface area contributed by atoms with E-state index in [1.807, 2.05) is 44.2 Å². The molecule has 0 aromatic heterocycles. The molecule has 0 spiro atoms. The van der Waals surface area contributed by atoms with Crippen molar-refractivity contribution in [2.24, 2.45) is 5.73 Å². The maximum Gasteiger partial charge on any atom is 0.253 e. The van der Waals surface area contributed by atoms with Crippen LogP contribution in [0.2, 0.25) is 0 Å². The van der Waals surface area contributed by atoms with Crippen LogP contribution in [0.15, 0.2) is 60.7 Å². The molecule has 3 aromatic rings. The first kappa shape index (κ1) is 33.4. The topological polar surface area (TPSA) is 108 Å². The number of hydrogen-bond donors (Lipinski definition) is 2. The third-order valence-corrected chi connectivity index (χ3v) is 7.04. The summed E-state index contributed by atoms with van der Waals surface area (Å²) in [5, 5.41) is 12.5. The molecule has 0 heterocycles. The van der Waals surface area contributed by atoms with Crippen molar-refractivity contribution in [3.8, 4) is 6.07 Å². The van der Waals surface area contributed by atoms with Gasteiger partial charge < -0.3 is 20.7 Å². The van der Waals surface area contributed by atoms with Gasteiger partial charge in [-0.15, -0.1) is 0 Å². The number of aryl methyl sites for hydroxylation is 1. The lowest BCUT2D eigenvalue weighted by molar-refractivity contribution is 0.0755. The molecule has 3 aromatic carbocycles. The van der Waals surface area contributed by atoms with Crippen molar-refractivity contribution >= 4 is 11.8 Å². The van der Waals surface area contributed by atoms with Crippen molar-refractivity contribution in [3.63, 3.8) is 0 Å². The van der Waals surface area contributed by atoms with Gasteiger partial charge in [-0.3, -0.25) is 9.59 Å². The average molecular weight is 591 g/mol. The van der Waals surface area contributed by atoms with Gasteiger partial charge in [-0.2, -0.15) is 5.26 Å². The molecule has 9 heteroatoms. The molecule has 228 valence electrons. The smallest absolute Gasteiger partial charge is 0.253 e. The van der Waals surface area contributed by atoms with Gasteiger partial charge in [0.2, 0.25) is 0 Å². The number of carbonyl (C=O) groups is 2. The minimum atomic E-state index is -0.780. The van der Waals surface area contributed by atoms with Gasteiger partial charge in [0.05, 0.1) is 30.9 Å². The quantitative estimate of drug-likeness (QED) is 0.241. The van der Waals surface area contributed by atoms with Gasteiger partial charge in [-0.25, -0.2) is 8.78 Å². The number of amides is 2. The molecule has 0 aliphatic heterocycles. The van der Waals surface area contributed by atoms with Crippen molar-refractivity contribution in [2.75, 3.05) is 19.7 Å². The van der Waals surface area contributed by atoms with E-state index in [1.54, 1.807) is 4.90 Å². The van der Waals surface area contributed by atoms with E-state index in [9.17, 15) is 23.6 Å². The first-order valence-corrected chi connectivity index (χ1v) is 14.7. The summed E-state index contributed by atoms with van der Waals surface area (Å²) < 4.78 is 33.9. The van der Waals surface area contributed by atoms with Crippen LogP contribution >= 0.6 is 0 Å². The summed E-state index contributed by atoms with van der Waals surface area (Å²) in [6.45, 7) is 7.48. The third-order valence-electron chi connectivity index (χ3n) is 7.04. The van der Waals surface area contributed by atoms with Crippen molar-refractivity contribution in [3.05, 3.63) is 106 Å². The molecule has 0 saturated heterocycles. The maximum atomic E-state index is 14.0. The molecule has 3 N–H and O–H groups in total. The molecule has 43 heavy (non-hydrogen) atoms. The Kier molecular flexibility index (Phi) is 12.8. The highest BCUT2D eigenvalue weighted by Crippen LogP contribution is 2.16. The van der Waals surface area contributed by atoms with Gasteiger partial charge in [0.25, 0.3) is 11.8 Å². The standard InChI is InChI=1S/C34H40F2N4O3/c1-4-10-40(11-5-2)34(42)28-14-26(20-37)13-27(18-28)33(41)39-32(17-25-15-29(35)19-30(36)16-25)31(38)22-43-21-24-9-7-8-23(6-3)12-24/h7-9,12-16,18-19,31-32H,4-6,10-11,17,21-22,38H2,1-3H3,(H,39,41)/t31?,32-/m0/s1. The Morgan fingerprint density at radius 1 is 0.930 bits per heavy atom. The SMILES string of the molecule is CCCN(CCC)C(=O)c1cc(C#N)cc(C(=O)N[C@@H](Cc2cc(F)cc(F)c2)C(N)COCc2cccc(CC)c2)c1. The molecule has 2 amide bonds. The van der Waals surface area contributed by atoms with E-state index in [0.717, 1.165) is 30.9 Å². The molecule has 1 unspecified atom stereocenters. The largest absolute Gasteiger partial charge is 0.375 e. The van der Waals surface area contributed by atoms with Crippen LogP contribution in [0.3, 0.4) is 0 Å². The molecule has 2 atom stereocenters. The van der Waals surface area contributed by atoms with Gasteiger partial charge in [0.15, 0.2) is 0 Å². The van der Waals surface area contributed by atoms with Crippen LogP contribution in [0.1, 0.15) is 76.6 Å². The summed E-state index contributed by atoms with van der Waals surface area (Å²) in [6, 6.07) is 16.0. The zero-order valence-electron chi connectivity index (χ0n) is 25.0. The minimum Gasteiger partial charge on any atom is -0.375 e. The number of rotatable bonds is 15. The zero-order chi connectivity index (χ0) is 31.4. The normalized spacial score (nSPS) is 12.3. The molecular formula is C34H40F2N4O3. The van der Waals surface area contributed by atoms with Crippen LogP contribution in [0.4, 0.5) is 8.78 Å². The molecule has 0 bridgehead atoms. The first-order chi connectivity index (χ1) is 20.7. The molecule has 3 rings (SSSR count). The number of hydrogen-bond acceptors (Lipinski definition) is 5. The summed E-state index contributed by atoms with van der Waals surface area (Å²) >= 11 is 0. The minimum absolute atomic E-state index is 0.0285. The molecule has 0 saturated carbocycles. The number of ether oxygens (including phenoxy) is 1. The molecule has 0 radical (unpaired) electrons. The Bertz CT molecular complexity index is 1410. The zero-order valence-corrected chi connectivity index (χ0v) is 25.0. The van der Waals surface area contributed by atoms with Crippen LogP contribution in [-0.2, 0) is 24.2 Å². The second kappa shape index (κ2) is 16.5. The van der Waals surface area contributed by atoms with Crippen molar-refractivity contribution in [2.45, 2.75) is 65.1 Å². The van der Waals surface area contributed by atoms with Crippen LogP contribution in [0.25, 0.3) is 0 Å². The molecule has 0 fully saturated rings. The second-order valence-electron chi connectivity index (χ2n) is 10.6. The predicted molar refractivity (Wildman–Crippen MR) is 162 cm³/mol. The van der Waals surface area contributed by atoms with Crippen LogP contribution in [-0.4, -0.2) is 48.5 Å². The Morgan fingerprint density at radius 2 is 1.58 bits per heavy atom. The molecule has 0 aliphatic carbocycles. The van der Waals surface area contributed by atoms with Crippen molar-refractivity contribution in [1.82, 2.24) is 10.2 Å². The van der Waals surface area contributed by atoms with Gasteiger partial charge >= 0.3 is 0 Å². The monoisotopic (exact) mass is 590 g/mol. The highest BCUT2D eigenvalue weighted by Gasteiger charge is 2.24. The fourth-order valence-corrected chi connectivity index (χ4v) is 4.90. The average Bonchev–Trinajstić information content (AvgIpc) is 2.99. The van der Waals surface area contributed by atoms with Crippen molar-refractivity contribution < 1.29 is 23.1 Å². The molecule has 7 nitrogen and oxygen atoms in total. The lowest BCUT2D eigenvalue weighted by atomic mass is 9.98. The van der Waals surface area contributed by atoms with E-state index in [4.69, 9.17) is 10.5 Å². The highest BCUT2D eigenvalue weighted by molar-refractivity contribution is 6.00. The van der Waals surface area contributed by atoms with Gasteiger partial charge in [0, 0.05) is 36.3 Å². The fraction of sp³-hybridized carbons (Fsp3) is 0.382. The number of nitrogens with two attached hydrogens (primary N) is 1. The number of benzene rings is 3. The van der Waals surface area contributed by atoms with Gasteiger partial charge in [0.1, 0.15) is 11.6 Å². The van der Waals surface area contributed by atoms with E-state index >= 15 is 0 Å². The Balaban J connectivity index is 1.84. The van der Waals surface area contributed by atoms with Crippen molar-refractivity contribution in [1.29, 1.82) is 5.26 Å². The van der Waals surface area contributed by atoms with E-state index in [1.165, 1.54) is 35.9 Å². The van der Waals surface area contributed by atoms with E-state index < -0.39 is 29.6 Å². The van der Waals surface area contributed by atoms with E-state index in [2.05, 4.69) is 12.2 Å². The van der Waals surface area contributed by atoms with Gasteiger partial charge in [-0.05, 0) is 72.7 Å². The second-order valence-corrected chi connectivity index (χ2v) is 10.6. The van der Waals surface area contributed by atoms with Gasteiger partial charge in [-0.1, -0.05) is 45.0 Å². The maximum absolute atomic E-state index is 14.0. The summed E-state index contributed by atoms with van der Waals surface area (Å²) in [6.07, 6.45) is 2.45. The molecule has 0 aliphatic rings. The summed E-state index contributed by atoms with van der Waals surface area (Å²) in [5.74, 6) is -2.32. The number of carbonyl (C=O) groups excluding carboxylic acids is 2. The van der Waals surface area contributed by atoms with Crippen LogP contribution in [0.5, 0.6) is 0 Å². The third kappa shape index (κ3) is 9.98. The first-order valence-electron chi connectivity index (χ1n) is 14.7. The Morgan fingerprint density at radius 3 is 2.21 bits per heavy atom. The van der Waals surface area contributed by atoms with Crippen LogP contribution < -0.4 is 11.1 Å². The lowest BCUT2D eigenvalue weighted by Crippen LogP contribution is -2.51. The number of nitrogens with one attached hydrogen (secondary N) is 1. The summed E-state index contributed by atoms with van der Waals surface area (Å²) in [4.78, 5) is 28.5. The lowest BCUT2D eigenvalue weighted by Gasteiger charge is -2.26. The predicted octanol–water partition coefficient (Wildman–Crippen LogP) is 5.55. The molecular weight excluding hydrogens is 550 g/mol. The number of nitriles is 1. The van der Waals surface area contributed by atoms with Crippen LogP contribution in [0, 0.1) is 23.0 Å². The van der Waals surface area contributed by atoms with E-state index in [-0.39, 0.29) is 35.6 Å². The number of nitrogens with zero attached hydrogens (tertiary/aromatic N) is 2. The number of halogens is 2.